The van der Waals surface area contributed by atoms with E-state index in [1.54, 1.807) is 0 Å². The Hall–Kier alpha value is 0.170. The van der Waals surface area contributed by atoms with Crippen LogP contribution in [0.5, 0.6) is 0 Å². The van der Waals surface area contributed by atoms with Crippen molar-refractivity contribution >= 4 is 31.2 Å². The van der Waals surface area contributed by atoms with Crippen LogP contribution in [0.4, 0.5) is 0 Å². The number of hydrogen-bond donors (Lipinski definition) is 3. The number of carbonyl (C=O) groups excluding carboxylic acids is 1. The third-order valence-corrected chi connectivity index (χ3v) is 4.69. The van der Waals surface area contributed by atoms with E-state index in [-0.39, 0.29) is 22.6 Å². The topological polar surface area (TPSA) is 29.1 Å². The molecule has 1 amide bonds. The summed E-state index contributed by atoms with van der Waals surface area (Å²) in [5.74, 6) is 0.859. The molecule has 0 spiro atoms. The SMILES string of the molecule is CCC(S)(CC)C1CC(CS)C(=O)N1. The van der Waals surface area contributed by atoms with Crippen LogP contribution in [0.1, 0.15) is 33.1 Å². The highest BCUT2D eigenvalue weighted by molar-refractivity contribution is 7.81. The van der Waals surface area contributed by atoms with Crippen molar-refractivity contribution in [2.45, 2.75) is 43.9 Å². The Morgan fingerprint density at radius 2 is 2.07 bits per heavy atom. The summed E-state index contributed by atoms with van der Waals surface area (Å²) in [5.41, 5.74) is 0. The summed E-state index contributed by atoms with van der Waals surface area (Å²) in [7, 11) is 0. The zero-order valence-corrected chi connectivity index (χ0v) is 10.6. The van der Waals surface area contributed by atoms with Gasteiger partial charge in [0.2, 0.25) is 5.91 Å². The standard InChI is InChI=1S/C10H19NOS2/c1-3-10(14,4-2)8-5-7(6-13)9(12)11-8/h7-8,13-14H,3-6H2,1-2H3,(H,11,12). The maximum absolute atomic E-state index is 11.5. The Kier molecular flexibility index (Phi) is 4.19. The number of amides is 1. The zero-order valence-electron chi connectivity index (χ0n) is 8.79. The summed E-state index contributed by atoms with van der Waals surface area (Å²) < 4.78 is -0.0483. The third kappa shape index (κ3) is 2.22. The van der Waals surface area contributed by atoms with E-state index in [0.29, 0.717) is 5.75 Å². The second-order valence-electron chi connectivity index (χ2n) is 3.99. The van der Waals surface area contributed by atoms with E-state index in [1.165, 1.54) is 0 Å². The van der Waals surface area contributed by atoms with Crippen molar-refractivity contribution in [2.75, 3.05) is 5.75 Å². The minimum atomic E-state index is -0.0483. The molecular formula is C10H19NOS2. The number of thiol groups is 2. The lowest BCUT2D eigenvalue weighted by Crippen LogP contribution is -2.43. The molecule has 0 aromatic rings. The Morgan fingerprint density at radius 3 is 2.43 bits per heavy atom. The Bertz CT molecular complexity index is 216. The number of rotatable bonds is 4. The van der Waals surface area contributed by atoms with E-state index in [4.69, 9.17) is 12.6 Å². The van der Waals surface area contributed by atoms with Crippen LogP contribution >= 0.6 is 25.3 Å². The van der Waals surface area contributed by atoms with Gasteiger partial charge in [0.25, 0.3) is 0 Å². The fourth-order valence-electron chi connectivity index (χ4n) is 1.99. The zero-order chi connectivity index (χ0) is 10.8. The van der Waals surface area contributed by atoms with E-state index >= 15 is 0 Å². The van der Waals surface area contributed by atoms with Crippen LogP contribution in [-0.4, -0.2) is 22.4 Å². The Balaban J connectivity index is 2.68. The molecule has 0 bridgehead atoms. The first-order chi connectivity index (χ1) is 6.57. The molecule has 82 valence electrons. The van der Waals surface area contributed by atoms with Crippen molar-refractivity contribution in [3.63, 3.8) is 0 Å². The molecule has 1 aliphatic rings. The lowest BCUT2D eigenvalue weighted by Gasteiger charge is -2.32. The molecule has 2 unspecified atom stereocenters. The summed E-state index contributed by atoms with van der Waals surface area (Å²) >= 11 is 8.88. The first-order valence-electron chi connectivity index (χ1n) is 5.21. The molecule has 1 N–H and O–H groups in total. The Labute approximate surface area is 97.0 Å². The molecule has 0 aromatic heterocycles. The van der Waals surface area contributed by atoms with Crippen LogP contribution in [0, 0.1) is 5.92 Å². The number of nitrogens with one attached hydrogen (secondary N) is 1. The molecule has 0 aliphatic carbocycles. The van der Waals surface area contributed by atoms with E-state index in [1.807, 2.05) is 0 Å². The van der Waals surface area contributed by atoms with E-state index in [2.05, 4.69) is 31.8 Å². The molecular weight excluding hydrogens is 214 g/mol. The van der Waals surface area contributed by atoms with Crippen LogP contribution in [-0.2, 0) is 4.79 Å². The van der Waals surface area contributed by atoms with Gasteiger partial charge in [-0.05, 0) is 19.3 Å². The average Bonchev–Trinajstić information content (AvgIpc) is 2.59. The van der Waals surface area contributed by atoms with Gasteiger partial charge in [-0.1, -0.05) is 13.8 Å². The molecule has 1 rings (SSSR count). The van der Waals surface area contributed by atoms with Crippen LogP contribution in [0.15, 0.2) is 0 Å². The molecule has 0 saturated carbocycles. The van der Waals surface area contributed by atoms with Gasteiger partial charge >= 0.3 is 0 Å². The molecule has 1 fully saturated rings. The van der Waals surface area contributed by atoms with Crippen LogP contribution in [0.3, 0.4) is 0 Å². The molecule has 1 heterocycles. The summed E-state index contributed by atoms with van der Waals surface area (Å²) in [4.78, 5) is 11.5. The summed E-state index contributed by atoms with van der Waals surface area (Å²) in [6.45, 7) is 4.24. The van der Waals surface area contributed by atoms with Gasteiger partial charge in [0.05, 0.1) is 0 Å². The first-order valence-corrected chi connectivity index (χ1v) is 6.29. The van der Waals surface area contributed by atoms with Crippen molar-refractivity contribution in [1.82, 2.24) is 5.32 Å². The van der Waals surface area contributed by atoms with Gasteiger partial charge in [-0.2, -0.15) is 25.3 Å². The lowest BCUT2D eigenvalue weighted by atomic mass is 9.90. The van der Waals surface area contributed by atoms with E-state index < -0.39 is 0 Å². The fraction of sp³-hybridized carbons (Fsp3) is 0.900. The van der Waals surface area contributed by atoms with Gasteiger partial charge in [-0.3, -0.25) is 4.79 Å². The van der Waals surface area contributed by atoms with E-state index in [0.717, 1.165) is 19.3 Å². The van der Waals surface area contributed by atoms with Gasteiger partial charge in [0.15, 0.2) is 0 Å². The molecule has 2 nitrogen and oxygen atoms in total. The van der Waals surface area contributed by atoms with Gasteiger partial charge in [-0.25, -0.2) is 0 Å². The summed E-state index contributed by atoms with van der Waals surface area (Å²) in [5, 5.41) is 3.03. The molecule has 4 heteroatoms. The lowest BCUT2D eigenvalue weighted by molar-refractivity contribution is -0.122. The molecule has 2 atom stereocenters. The maximum Gasteiger partial charge on any atom is 0.224 e. The largest absolute Gasteiger partial charge is 0.352 e. The number of carbonyl (C=O) groups is 1. The molecule has 1 aliphatic heterocycles. The van der Waals surface area contributed by atoms with Crippen LogP contribution < -0.4 is 5.32 Å². The van der Waals surface area contributed by atoms with Crippen molar-refractivity contribution in [3.05, 3.63) is 0 Å². The van der Waals surface area contributed by atoms with Crippen LogP contribution in [0.2, 0.25) is 0 Å². The van der Waals surface area contributed by atoms with Gasteiger partial charge in [0, 0.05) is 22.5 Å². The minimum Gasteiger partial charge on any atom is -0.352 e. The fourth-order valence-corrected chi connectivity index (χ4v) is 2.48. The Morgan fingerprint density at radius 1 is 1.50 bits per heavy atom. The van der Waals surface area contributed by atoms with Gasteiger partial charge < -0.3 is 5.32 Å². The quantitative estimate of drug-likeness (QED) is 0.636. The van der Waals surface area contributed by atoms with Crippen molar-refractivity contribution in [2.24, 2.45) is 5.92 Å². The highest BCUT2D eigenvalue weighted by Gasteiger charge is 2.41. The third-order valence-electron chi connectivity index (χ3n) is 3.30. The molecule has 1 saturated heterocycles. The summed E-state index contributed by atoms with van der Waals surface area (Å²) in [6.07, 6.45) is 2.85. The maximum atomic E-state index is 11.5. The second-order valence-corrected chi connectivity index (χ2v) is 5.24. The monoisotopic (exact) mass is 233 g/mol. The second kappa shape index (κ2) is 4.79. The molecule has 14 heavy (non-hydrogen) atoms. The van der Waals surface area contributed by atoms with Crippen molar-refractivity contribution < 1.29 is 4.79 Å². The normalized spacial score (nSPS) is 27.9. The molecule has 0 aromatic carbocycles. The van der Waals surface area contributed by atoms with Gasteiger partial charge in [0.1, 0.15) is 0 Å². The van der Waals surface area contributed by atoms with Crippen molar-refractivity contribution in [3.8, 4) is 0 Å². The minimum absolute atomic E-state index is 0.0483. The summed E-state index contributed by atoms with van der Waals surface area (Å²) in [6, 6.07) is 0.213. The molecule has 0 radical (unpaired) electrons. The average molecular weight is 233 g/mol. The smallest absolute Gasteiger partial charge is 0.224 e. The van der Waals surface area contributed by atoms with Crippen molar-refractivity contribution in [1.29, 1.82) is 0 Å². The highest BCUT2D eigenvalue weighted by atomic mass is 32.1. The predicted molar refractivity (Wildman–Crippen MR) is 66.2 cm³/mol. The number of hydrogen-bond acceptors (Lipinski definition) is 3. The highest BCUT2D eigenvalue weighted by Crippen LogP contribution is 2.34. The van der Waals surface area contributed by atoms with Crippen LogP contribution in [0.25, 0.3) is 0 Å². The van der Waals surface area contributed by atoms with E-state index in [9.17, 15) is 4.79 Å². The first kappa shape index (κ1) is 12.2. The predicted octanol–water partition coefficient (Wildman–Crippen LogP) is 1.91. The van der Waals surface area contributed by atoms with Gasteiger partial charge in [-0.15, -0.1) is 0 Å².